The van der Waals surface area contributed by atoms with Gasteiger partial charge in [-0.1, -0.05) is 12.1 Å². The summed E-state index contributed by atoms with van der Waals surface area (Å²) < 4.78 is 18.3. The third kappa shape index (κ3) is 4.05. The molecule has 1 N–H and O–H groups in total. The maximum absolute atomic E-state index is 13.0. The van der Waals surface area contributed by atoms with Gasteiger partial charge in [-0.2, -0.15) is 5.10 Å². The van der Waals surface area contributed by atoms with E-state index >= 15 is 0 Å². The quantitative estimate of drug-likeness (QED) is 0.690. The van der Waals surface area contributed by atoms with Crippen LogP contribution in [0.4, 0.5) is 16.0 Å². The average Bonchev–Trinajstić information content (AvgIpc) is 2.60. The summed E-state index contributed by atoms with van der Waals surface area (Å²) in [6.45, 7) is 6.74. The molecule has 0 saturated carbocycles. The van der Waals surface area contributed by atoms with Gasteiger partial charge in [0.05, 0.1) is 18.9 Å². The predicted molar refractivity (Wildman–Crippen MR) is 92.0 cm³/mol. The smallest absolute Gasteiger partial charge is 0.152 e. The topological polar surface area (TPSA) is 62.6 Å². The number of halogens is 1. The molecule has 0 amide bonds. The first kappa shape index (κ1) is 16.3. The number of anilines is 2. The maximum atomic E-state index is 13.0. The fourth-order valence-corrected chi connectivity index (χ4v) is 2.46. The zero-order chi connectivity index (χ0) is 16.9. The SMILES string of the molecule is C/C(=N\Nc1cc(N2CCOCC2)nc(C)n1)c1ccc(F)cc1. The van der Waals surface area contributed by atoms with Crippen LogP contribution >= 0.6 is 0 Å². The van der Waals surface area contributed by atoms with Gasteiger partial charge in [0.15, 0.2) is 5.82 Å². The summed E-state index contributed by atoms with van der Waals surface area (Å²) in [6.07, 6.45) is 0. The molecule has 2 aromatic rings. The lowest BCUT2D eigenvalue weighted by Crippen LogP contribution is -2.36. The fourth-order valence-electron chi connectivity index (χ4n) is 2.46. The summed E-state index contributed by atoms with van der Waals surface area (Å²) in [4.78, 5) is 11.0. The Balaban J connectivity index is 1.75. The molecule has 2 heterocycles. The van der Waals surface area contributed by atoms with Gasteiger partial charge >= 0.3 is 0 Å². The van der Waals surface area contributed by atoms with Gasteiger partial charge < -0.3 is 9.64 Å². The van der Waals surface area contributed by atoms with Crippen LogP contribution in [0, 0.1) is 12.7 Å². The second-order valence-electron chi connectivity index (χ2n) is 5.57. The number of nitrogens with zero attached hydrogens (tertiary/aromatic N) is 4. The van der Waals surface area contributed by atoms with E-state index in [1.54, 1.807) is 12.1 Å². The molecule has 1 aromatic heterocycles. The third-order valence-electron chi connectivity index (χ3n) is 3.76. The van der Waals surface area contributed by atoms with Gasteiger partial charge in [-0.05, 0) is 31.5 Å². The van der Waals surface area contributed by atoms with Gasteiger partial charge in [0.2, 0.25) is 0 Å². The lowest BCUT2D eigenvalue weighted by atomic mass is 10.1. The van der Waals surface area contributed by atoms with E-state index in [2.05, 4.69) is 25.4 Å². The number of hydrogen-bond acceptors (Lipinski definition) is 6. The highest BCUT2D eigenvalue weighted by Crippen LogP contribution is 2.17. The van der Waals surface area contributed by atoms with Gasteiger partial charge in [-0.15, -0.1) is 0 Å². The molecule has 1 fully saturated rings. The normalized spacial score (nSPS) is 15.5. The van der Waals surface area contributed by atoms with Crippen LogP contribution in [0.15, 0.2) is 35.4 Å². The molecular formula is C17H20FN5O. The van der Waals surface area contributed by atoms with Gasteiger partial charge in [0.25, 0.3) is 0 Å². The Morgan fingerprint density at radius 1 is 1.21 bits per heavy atom. The van der Waals surface area contributed by atoms with Crippen LogP contribution in [0.1, 0.15) is 18.3 Å². The number of hydrogen-bond donors (Lipinski definition) is 1. The van der Waals surface area contributed by atoms with Crippen LogP contribution < -0.4 is 10.3 Å². The molecule has 0 radical (unpaired) electrons. The van der Waals surface area contributed by atoms with E-state index in [0.29, 0.717) is 24.9 Å². The molecule has 1 aliphatic heterocycles. The van der Waals surface area contributed by atoms with Gasteiger partial charge in [0, 0.05) is 19.2 Å². The zero-order valence-electron chi connectivity index (χ0n) is 13.8. The summed E-state index contributed by atoms with van der Waals surface area (Å²) >= 11 is 0. The van der Waals surface area contributed by atoms with Gasteiger partial charge in [0.1, 0.15) is 17.5 Å². The van der Waals surface area contributed by atoms with Crippen molar-refractivity contribution in [3.8, 4) is 0 Å². The van der Waals surface area contributed by atoms with Crippen molar-refractivity contribution in [2.45, 2.75) is 13.8 Å². The van der Waals surface area contributed by atoms with E-state index in [9.17, 15) is 4.39 Å². The average molecular weight is 329 g/mol. The zero-order valence-corrected chi connectivity index (χ0v) is 13.8. The number of morpholine rings is 1. The van der Waals surface area contributed by atoms with Crippen molar-refractivity contribution in [3.63, 3.8) is 0 Å². The standard InChI is InChI=1S/C17H20FN5O/c1-12(14-3-5-15(18)6-4-14)21-22-16-11-17(20-13(2)19-16)23-7-9-24-10-8-23/h3-6,11H,7-10H2,1-2H3,(H,19,20,22)/b21-12+. The van der Waals surface area contributed by atoms with Crippen LogP contribution in [0.2, 0.25) is 0 Å². The first-order valence-electron chi connectivity index (χ1n) is 7.86. The summed E-state index contributed by atoms with van der Waals surface area (Å²) in [7, 11) is 0. The van der Waals surface area contributed by atoms with Crippen molar-refractivity contribution < 1.29 is 9.13 Å². The Kier molecular flexibility index (Phi) is 5.00. The van der Waals surface area contributed by atoms with Crippen LogP contribution in [-0.4, -0.2) is 42.0 Å². The molecule has 0 aliphatic carbocycles. The van der Waals surface area contributed by atoms with Crippen molar-refractivity contribution in [1.29, 1.82) is 0 Å². The Morgan fingerprint density at radius 3 is 2.62 bits per heavy atom. The second-order valence-corrected chi connectivity index (χ2v) is 5.57. The number of benzene rings is 1. The summed E-state index contributed by atoms with van der Waals surface area (Å²) in [5.41, 5.74) is 4.56. The fraction of sp³-hybridized carbons (Fsp3) is 0.353. The second kappa shape index (κ2) is 7.35. The van der Waals surface area contributed by atoms with Crippen molar-refractivity contribution in [1.82, 2.24) is 9.97 Å². The minimum absolute atomic E-state index is 0.263. The van der Waals surface area contributed by atoms with E-state index in [1.165, 1.54) is 12.1 Å². The lowest BCUT2D eigenvalue weighted by Gasteiger charge is -2.28. The minimum Gasteiger partial charge on any atom is -0.378 e. The predicted octanol–water partition coefficient (Wildman–Crippen LogP) is 2.60. The van der Waals surface area contributed by atoms with Crippen LogP contribution in [0.3, 0.4) is 0 Å². The van der Waals surface area contributed by atoms with Gasteiger partial charge in [-0.3, -0.25) is 5.43 Å². The van der Waals surface area contributed by atoms with Gasteiger partial charge in [-0.25, -0.2) is 14.4 Å². The Hall–Kier alpha value is -2.54. The molecule has 1 saturated heterocycles. The van der Waals surface area contributed by atoms with Crippen molar-refractivity contribution in [3.05, 3.63) is 47.5 Å². The van der Waals surface area contributed by atoms with Crippen LogP contribution in [-0.2, 0) is 4.74 Å². The maximum Gasteiger partial charge on any atom is 0.152 e. The third-order valence-corrected chi connectivity index (χ3v) is 3.76. The summed E-state index contributed by atoms with van der Waals surface area (Å²) in [5.74, 6) is 1.91. The molecule has 0 atom stereocenters. The molecule has 24 heavy (non-hydrogen) atoms. The van der Waals surface area contributed by atoms with E-state index in [1.807, 2.05) is 19.9 Å². The number of hydrazone groups is 1. The lowest BCUT2D eigenvalue weighted by molar-refractivity contribution is 0.122. The monoisotopic (exact) mass is 329 g/mol. The molecule has 3 rings (SSSR count). The summed E-state index contributed by atoms with van der Waals surface area (Å²) in [5, 5.41) is 4.33. The van der Waals surface area contributed by atoms with Crippen LogP contribution in [0.5, 0.6) is 0 Å². The molecule has 1 aromatic carbocycles. The van der Waals surface area contributed by atoms with Crippen molar-refractivity contribution in [2.24, 2.45) is 5.10 Å². The molecule has 6 nitrogen and oxygen atoms in total. The Labute approximate surface area is 140 Å². The van der Waals surface area contributed by atoms with E-state index < -0.39 is 0 Å². The highest BCUT2D eigenvalue weighted by Gasteiger charge is 2.14. The van der Waals surface area contributed by atoms with E-state index in [4.69, 9.17) is 4.74 Å². The molecule has 0 spiro atoms. The Bertz CT molecular complexity index is 726. The molecule has 7 heteroatoms. The number of aryl methyl sites for hydroxylation is 1. The largest absolute Gasteiger partial charge is 0.378 e. The number of ether oxygens (including phenoxy) is 1. The van der Waals surface area contributed by atoms with Crippen molar-refractivity contribution >= 4 is 17.3 Å². The number of aromatic nitrogens is 2. The van der Waals surface area contributed by atoms with E-state index in [0.717, 1.165) is 30.2 Å². The molecular weight excluding hydrogens is 309 g/mol. The first-order chi connectivity index (χ1) is 11.6. The molecule has 1 aliphatic rings. The minimum atomic E-state index is -0.263. The number of rotatable bonds is 4. The highest BCUT2D eigenvalue weighted by atomic mass is 19.1. The molecule has 126 valence electrons. The van der Waals surface area contributed by atoms with E-state index in [-0.39, 0.29) is 5.82 Å². The number of nitrogens with one attached hydrogen (secondary N) is 1. The molecule has 0 unspecified atom stereocenters. The van der Waals surface area contributed by atoms with Crippen LogP contribution in [0.25, 0.3) is 0 Å². The molecule has 0 bridgehead atoms. The summed E-state index contributed by atoms with van der Waals surface area (Å²) in [6, 6.07) is 8.10. The highest BCUT2D eigenvalue weighted by molar-refractivity contribution is 5.99. The first-order valence-corrected chi connectivity index (χ1v) is 7.86. The van der Waals surface area contributed by atoms with Crippen molar-refractivity contribution in [2.75, 3.05) is 36.6 Å². The Morgan fingerprint density at radius 2 is 1.92 bits per heavy atom.